The van der Waals surface area contributed by atoms with Crippen LogP contribution in [0, 0.1) is 5.92 Å². The third-order valence-electron chi connectivity index (χ3n) is 6.16. The molecule has 2 aromatic carbocycles. The second kappa shape index (κ2) is 11.0. The van der Waals surface area contributed by atoms with Crippen molar-refractivity contribution in [2.24, 2.45) is 5.92 Å². The van der Waals surface area contributed by atoms with Crippen molar-refractivity contribution in [1.82, 2.24) is 15.5 Å². The van der Waals surface area contributed by atoms with Gasteiger partial charge >= 0.3 is 0 Å². The van der Waals surface area contributed by atoms with Crippen LogP contribution in [0.4, 0.5) is 0 Å². The third kappa shape index (κ3) is 6.81. The predicted molar refractivity (Wildman–Crippen MR) is 124 cm³/mol. The molecular formula is C26H31N3O4. The minimum atomic E-state index is -0.598. The molecule has 4 rings (SSSR count). The molecule has 2 aliphatic rings. The highest BCUT2D eigenvalue weighted by molar-refractivity contribution is 5.89. The van der Waals surface area contributed by atoms with Crippen LogP contribution in [0.1, 0.15) is 31.2 Å². The lowest BCUT2D eigenvalue weighted by atomic mass is 9.95. The lowest BCUT2D eigenvalue weighted by Gasteiger charge is -2.32. The van der Waals surface area contributed by atoms with Crippen molar-refractivity contribution >= 4 is 17.7 Å². The van der Waals surface area contributed by atoms with Crippen molar-refractivity contribution in [1.29, 1.82) is 0 Å². The van der Waals surface area contributed by atoms with Crippen LogP contribution in [0.3, 0.4) is 0 Å². The molecule has 7 heteroatoms. The first-order chi connectivity index (χ1) is 16.1. The SMILES string of the molecule is O=C(NC(Cc1ccccc1)C(=O)NC1CC1)C1CCN(C(=O)COc2ccccc2)CC1. The van der Waals surface area contributed by atoms with E-state index in [1.165, 1.54) is 0 Å². The molecule has 0 aromatic heterocycles. The largest absolute Gasteiger partial charge is 0.484 e. The average molecular weight is 450 g/mol. The van der Waals surface area contributed by atoms with Crippen molar-refractivity contribution in [2.45, 2.75) is 44.2 Å². The Bertz CT molecular complexity index is 939. The van der Waals surface area contributed by atoms with Crippen LogP contribution in [0.2, 0.25) is 0 Å². The summed E-state index contributed by atoms with van der Waals surface area (Å²) in [6.45, 7) is 1.00. The zero-order valence-electron chi connectivity index (χ0n) is 18.7. The van der Waals surface area contributed by atoms with Crippen LogP contribution < -0.4 is 15.4 Å². The van der Waals surface area contributed by atoms with Gasteiger partial charge in [0, 0.05) is 31.5 Å². The Kier molecular flexibility index (Phi) is 7.60. The van der Waals surface area contributed by atoms with Crippen molar-refractivity contribution < 1.29 is 19.1 Å². The van der Waals surface area contributed by atoms with E-state index in [4.69, 9.17) is 4.74 Å². The van der Waals surface area contributed by atoms with E-state index in [2.05, 4.69) is 10.6 Å². The molecular weight excluding hydrogens is 418 g/mol. The molecule has 2 aromatic rings. The number of carbonyl (C=O) groups is 3. The molecule has 1 heterocycles. The molecule has 2 N–H and O–H groups in total. The molecule has 33 heavy (non-hydrogen) atoms. The number of hydrogen-bond donors (Lipinski definition) is 2. The number of nitrogens with zero attached hydrogens (tertiary/aromatic N) is 1. The Morgan fingerprint density at radius 1 is 0.909 bits per heavy atom. The minimum absolute atomic E-state index is 0.0125. The Hall–Kier alpha value is -3.35. The van der Waals surface area contributed by atoms with Crippen LogP contribution in [-0.4, -0.2) is 54.4 Å². The fraction of sp³-hybridized carbons (Fsp3) is 0.423. The summed E-state index contributed by atoms with van der Waals surface area (Å²) in [5.41, 5.74) is 1.01. The molecule has 1 saturated heterocycles. The van der Waals surface area contributed by atoms with E-state index in [9.17, 15) is 14.4 Å². The maximum absolute atomic E-state index is 13.0. The van der Waals surface area contributed by atoms with E-state index in [1.807, 2.05) is 60.7 Å². The highest BCUT2D eigenvalue weighted by Crippen LogP contribution is 2.20. The number of nitrogens with one attached hydrogen (secondary N) is 2. The van der Waals surface area contributed by atoms with Gasteiger partial charge in [-0.05, 0) is 43.4 Å². The average Bonchev–Trinajstić information content (AvgIpc) is 3.67. The van der Waals surface area contributed by atoms with Gasteiger partial charge in [-0.3, -0.25) is 14.4 Å². The second-order valence-electron chi connectivity index (χ2n) is 8.79. The normalized spacial score (nSPS) is 17.2. The smallest absolute Gasteiger partial charge is 0.260 e. The zero-order valence-corrected chi connectivity index (χ0v) is 18.7. The lowest BCUT2D eigenvalue weighted by molar-refractivity contribution is -0.138. The molecule has 7 nitrogen and oxygen atoms in total. The Morgan fingerprint density at radius 2 is 1.55 bits per heavy atom. The Labute approximate surface area is 194 Å². The monoisotopic (exact) mass is 449 g/mol. The van der Waals surface area contributed by atoms with Crippen molar-refractivity contribution in [3.05, 3.63) is 66.2 Å². The molecule has 1 saturated carbocycles. The van der Waals surface area contributed by atoms with Gasteiger partial charge in [0.05, 0.1) is 0 Å². The number of benzene rings is 2. The molecule has 1 atom stereocenters. The van der Waals surface area contributed by atoms with Crippen molar-refractivity contribution in [3.8, 4) is 5.75 Å². The fourth-order valence-electron chi connectivity index (χ4n) is 4.02. The van der Waals surface area contributed by atoms with Crippen LogP contribution >= 0.6 is 0 Å². The van der Waals surface area contributed by atoms with Gasteiger partial charge in [-0.25, -0.2) is 0 Å². The van der Waals surface area contributed by atoms with E-state index >= 15 is 0 Å². The highest BCUT2D eigenvalue weighted by atomic mass is 16.5. The van der Waals surface area contributed by atoms with Gasteiger partial charge in [0.15, 0.2) is 6.61 Å². The summed E-state index contributed by atoms with van der Waals surface area (Å²) in [6.07, 6.45) is 3.60. The molecule has 3 amide bonds. The van der Waals surface area contributed by atoms with Gasteiger partial charge in [-0.15, -0.1) is 0 Å². The maximum Gasteiger partial charge on any atom is 0.260 e. The number of likely N-dealkylation sites (tertiary alicyclic amines) is 1. The maximum atomic E-state index is 13.0. The van der Waals surface area contributed by atoms with Gasteiger partial charge in [0.2, 0.25) is 11.8 Å². The third-order valence-corrected chi connectivity index (χ3v) is 6.16. The molecule has 0 spiro atoms. The number of hydrogen-bond acceptors (Lipinski definition) is 4. The molecule has 174 valence electrons. The van der Waals surface area contributed by atoms with E-state index in [0.717, 1.165) is 18.4 Å². The lowest BCUT2D eigenvalue weighted by Crippen LogP contribution is -2.52. The van der Waals surface area contributed by atoms with Gasteiger partial charge in [-0.1, -0.05) is 48.5 Å². The standard InChI is InChI=1S/C26H31N3O4/c30-24(18-33-22-9-5-2-6-10-22)29-15-13-20(14-16-29)25(31)28-23(26(32)27-21-11-12-21)17-19-7-3-1-4-8-19/h1-10,20-21,23H,11-18H2,(H,27,32)(H,28,31). The Balaban J connectivity index is 1.27. The first kappa shape index (κ1) is 22.8. The first-order valence-corrected chi connectivity index (χ1v) is 11.7. The number of ether oxygens (including phenoxy) is 1. The quantitative estimate of drug-likeness (QED) is 0.615. The van der Waals surface area contributed by atoms with Crippen LogP contribution in [-0.2, 0) is 20.8 Å². The number of para-hydroxylation sites is 1. The van der Waals surface area contributed by atoms with E-state index in [1.54, 1.807) is 4.90 Å². The topological polar surface area (TPSA) is 87.7 Å². The van der Waals surface area contributed by atoms with Crippen LogP contribution in [0.15, 0.2) is 60.7 Å². The summed E-state index contributed by atoms with van der Waals surface area (Å²) in [5, 5.41) is 5.99. The highest BCUT2D eigenvalue weighted by Gasteiger charge is 2.32. The summed E-state index contributed by atoms with van der Waals surface area (Å²) in [4.78, 5) is 39.9. The molecule has 1 aliphatic carbocycles. The van der Waals surface area contributed by atoms with Gasteiger partial charge in [0.25, 0.3) is 5.91 Å². The predicted octanol–water partition coefficient (Wildman–Crippen LogP) is 2.31. The first-order valence-electron chi connectivity index (χ1n) is 11.7. The number of amides is 3. The summed E-state index contributed by atoms with van der Waals surface area (Å²) < 4.78 is 5.55. The van der Waals surface area contributed by atoms with Crippen LogP contribution in [0.5, 0.6) is 5.75 Å². The van der Waals surface area contributed by atoms with Gasteiger partial charge < -0.3 is 20.3 Å². The fourth-order valence-corrected chi connectivity index (χ4v) is 4.02. The van der Waals surface area contributed by atoms with Gasteiger partial charge in [0.1, 0.15) is 11.8 Å². The molecule has 0 radical (unpaired) electrons. The van der Waals surface area contributed by atoms with Crippen molar-refractivity contribution in [3.63, 3.8) is 0 Å². The number of rotatable bonds is 9. The van der Waals surface area contributed by atoms with Crippen LogP contribution in [0.25, 0.3) is 0 Å². The second-order valence-corrected chi connectivity index (χ2v) is 8.79. The summed E-state index contributed by atoms with van der Waals surface area (Å²) in [7, 11) is 0. The van der Waals surface area contributed by atoms with Gasteiger partial charge in [-0.2, -0.15) is 0 Å². The molecule has 1 aliphatic heterocycles. The Morgan fingerprint density at radius 3 is 2.18 bits per heavy atom. The summed E-state index contributed by atoms with van der Waals surface area (Å²) in [5.74, 6) is 0.128. The minimum Gasteiger partial charge on any atom is -0.484 e. The molecule has 2 fully saturated rings. The molecule has 0 bridgehead atoms. The number of carbonyl (C=O) groups excluding carboxylic acids is 3. The van der Waals surface area contributed by atoms with E-state index < -0.39 is 6.04 Å². The zero-order chi connectivity index (χ0) is 23.0. The van der Waals surface area contributed by atoms with E-state index in [0.29, 0.717) is 38.1 Å². The van der Waals surface area contributed by atoms with E-state index in [-0.39, 0.29) is 36.3 Å². The van der Waals surface area contributed by atoms with Crippen molar-refractivity contribution in [2.75, 3.05) is 19.7 Å². The summed E-state index contributed by atoms with van der Waals surface area (Å²) >= 11 is 0. The molecule has 1 unspecified atom stereocenters. The number of piperidine rings is 1. The summed E-state index contributed by atoms with van der Waals surface area (Å²) in [6, 6.07) is 18.6.